The highest BCUT2D eigenvalue weighted by Gasteiger charge is 2.21. The van der Waals surface area contributed by atoms with Gasteiger partial charge in [0.2, 0.25) is 0 Å². The Bertz CT molecular complexity index is 756. The van der Waals surface area contributed by atoms with Gasteiger partial charge in [-0.15, -0.1) is 0 Å². The molecule has 2 aromatic carbocycles. The van der Waals surface area contributed by atoms with Crippen LogP contribution in [0.3, 0.4) is 0 Å². The first-order chi connectivity index (χ1) is 11.8. The third kappa shape index (κ3) is 3.09. The zero-order valence-electron chi connectivity index (χ0n) is 13.6. The smallest absolute Gasteiger partial charge is 0.251 e. The van der Waals surface area contributed by atoms with Crippen molar-refractivity contribution in [3.05, 3.63) is 59.2 Å². The summed E-state index contributed by atoms with van der Waals surface area (Å²) in [6, 6.07) is 13.7. The van der Waals surface area contributed by atoms with Crippen LogP contribution in [0.1, 0.15) is 34.3 Å². The number of para-hydroxylation sites is 2. The summed E-state index contributed by atoms with van der Waals surface area (Å²) in [5.74, 6) is 1.44. The lowest BCUT2D eigenvalue weighted by molar-refractivity contribution is 0.0789. The molecule has 0 radical (unpaired) electrons. The van der Waals surface area contributed by atoms with Crippen molar-refractivity contribution in [3.63, 3.8) is 0 Å². The Morgan fingerprint density at radius 3 is 2.71 bits per heavy atom. The van der Waals surface area contributed by atoms with Crippen LogP contribution in [0.25, 0.3) is 0 Å². The molecule has 0 spiro atoms. The van der Waals surface area contributed by atoms with Gasteiger partial charge in [0.25, 0.3) is 5.91 Å². The van der Waals surface area contributed by atoms with Crippen LogP contribution in [0.5, 0.6) is 11.5 Å². The molecule has 1 heterocycles. The summed E-state index contributed by atoms with van der Waals surface area (Å²) in [5.41, 5.74) is 3.44. The van der Waals surface area contributed by atoms with Gasteiger partial charge in [-0.25, -0.2) is 0 Å². The Morgan fingerprint density at radius 2 is 1.83 bits per heavy atom. The van der Waals surface area contributed by atoms with E-state index in [0.29, 0.717) is 13.2 Å². The molecule has 1 amide bonds. The van der Waals surface area contributed by atoms with Crippen molar-refractivity contribution >= 4 is 5.91 Å². The standard InChI is InChI=1S/C20H21NO3/c22-20(16-10-9-14-5-1-2-6-15(14)11-16)21-12-17-13-23-18-7-3-4-8-19(18)24-17/h3-4,7-11,17H,1-2,5-6,12-13H2,(H,21,22)/t17-/m0/s1. The van der Waals surface area contributed by atoms with Gasteiger partial charge < -0.3 is 14.8 Å². The molecule has 0 bridgehead atoms. The molecule has 0 unspecified atom stereocenters. The quantitative estimate of drug-likeness (QED) is 0.944. The van der Waals surface area contributed by atoms with Crippen molar-refractivity contribution in [3.8, 4) is 11.5 Å². The van der Waals surface area contributed by atoms with Gasteiger partial charge >= 0.3 is 0 Å². The first-order valence-electron chi connectivity index (χ1n) is 8.58. The molecule has 0 saturated heterocycles. The van der Waals surface area contributed by atoms with Gasteiger partial charge in [0.1, 0.15) is 12.7 Å². The Morgan fingerprint density at radius 1 is 1.04 bits per heavy atom. The van der Waals surface area contributed by atoms with Crippen LogP contribution in [0.15, 0.2) is 42.5 Å². The summed E-state index contributed by atoms with van der Waals surface area (Å²) in [6.45, 7) is 0.881. The SMILES string of the molecule is O=C(NC[C@H]1COc2ccccc2O1)c1ccc2c(c1)CCCC2. The maximum Gasteiger partial charge on any atom is 0.251 e. The second kappa shape index (κ2) is 6.56. The van der Waals surface area contributed by atoms with Gasteiger partial charge in [-0.2, -0.15) is 0 Å². The normalized spacial score (nSPS) is 18.6. The molecule has 4 nitrogen and oxygen atoms in total. The molecule has 1 aliphatic carbocycles. The fraction of sp³-hybridized carbons (Fsp3) is 0.350. The van der Waals surface area contributed by atoms with Crippen LogP contribution >= 0.6 is 0 Å². The van der Waals surface area contributed by atoms with Crippen LogP contribution in [0, 0.1) is 0 Å². The van der Waals surface area contributed by atoms with Crippen LogP contribution in [-0.2, 0) is 12.8 Å². The van der Waals surface area contributed by atoms with E-state index in [1.54, 1.807) is 0 Å². The molecule has 0 fully saturated rings. The topological polar surface area (TPSA) is 47.6 Å². The van der Waals surface area contributed by atoms with E-state index in [2.05, 4.69) is 11.4 Å². The van der Waals surface area contributed by atoms with Gasteiger partial charge in [0.05, 0.1) is 6.54 Å². The maximum atomic E-state index is 12.4. The highest BCUT2D eigenvalue weighted by atomic mass is 16.6. The second-order valence-corrected chi connectivity index (χ2v) is 6.40. The number of benzene rings is 2. The number of aryl methyl sites for hydroxylation is 2. The fourth-order valence-corrected chi connectivity index (χ4v) is 3.35. The van der Waals surface area contributed by atoms with Crippen molar-refractivity contribution in [2.24, 2.45) is 0 Å². The largest absolute Gasteiger partial charge is 0.486 e. The molecule has 1 N–H and O–H groups in total. The molecule has 4 heteroatoms. The first kappa shape index (κ1) is 15.1. The number of amides is 1. The maximum absolute atomic E-state index is 12.4. The highest BCUT2D eigenvalue weighted by Crippen LogP contribution is 2.30. The lowest BCUT2D eigenvalue weighted by Crippen LogP contribution is -2.40. The van der Waals surface area contributed by atoms with Crippen molar-refractivity contribution < 1.29 is 14.3 Å². The minimum absolute atomic E-state index is 0.0502. The Labute approximate surface area is 141 Å². The number of hydrogen-bond donors (Lipinski definition) is 1. The molecular formula is C20H21NO3. The van der Waals surface area contributed by atoms with Crippen LogP contribution in [0.2, 0.25) is 0 Å². The van der Waals surface area contributed by atoms with E-state index in [4.69, 9.17) is 9.47 Å². The predicted molar refractivity (Wildman–Crippen MR) is 91.8 cm³/mol. The summed E-state index contributed by atoms with van der Waals surface area (Å²) in [7, 11) is 0. The van der Waals surface area contributed by atoms with Crippen molar-refractivity contribution in [2.75, 3.05) is 13.2 Å². The monoisotopic (exact) mass is 323 g/mol. The molecule has 1 atom stereocenters. The Kier molecular flexibility index (Phi) is 4.11. The molecule has 0 aromatic heterocycles. The van der Waals surface area contributed by atoms with Gasteiger partial charge in [0, 0.05) is 5.56 Å². The molecule has 124 valence electrons. The predicted octanol–water partition coefficient (Wildman–Crippen LogP) is 3.14. The van der Waals surface area contributed by atoms with E-state index in [0.717, 1.165) is 29.9 Å². The average Bonchev–Trinajstić information content (AvgIpc) is 2.65. The third-order valence-electron chi connectivity index (χ3n) is 4.67. The third-order valence-corrected chi connectivity index (χ3v) is 4.67. The highest BCUT2D eigenvalue weighted by molar-refractivity contribution is 5.94. The number of carbonyl (C=O) groups is 1. The fourth-order valence-electron chi connectivity index (χ4n) is 3.35. The lowest BCUT2D eigenvalue weighted by atomic mass is 9.90. The minimum atomic E-state index is -0.165. The van der Waals surface area contributed by atoms with E-state index in [-0.39, 0.29) is 12.0 Å². The molecule has 2 aliphatic rings. The second-order valence-electron chi connectivity index (χ2n) is 6.40. The van der Waals surface area contributed by atoms with E-state index < -0.39 is 0 Å². The van der Waals surface area contributed by atoms with Gasteiger partial charge in [-0.1, -0.05) is 18.2 Å². The van der Waals surface area contributed by atoms with E-state index in [1.165, 1.54) is 24.0 Å². The zero-order valence-corrected chi connectivity index (χ0v) is 13.6. The summed E-state index contributed by atoms with van der Waals surface area (Å²) < 4.78 is 11.5. The number of rotatable bonds is 3. The summed E-state index contributed by atoms with van der Waals surface area (Å²) in [5, 5.41) is 2.96. The van der Waals surface area contributed by atoms with E-state index in [1.807, 2.05) is 36.4 Å². The van der Waals surface area contributed by atoms with Crippen molar-refractivity contribution in [1.29, 1.82) is 0 Å². The molecular weight excluding hydrogens is 302 g/mol. The number of carbonyl (C=O) groups excluding carboxylic acids is 1. The Balaban J connectivity index is 1.37. The van der Waals surface area contributed by atoms with Gasteiger partial charge in [-0.3, -0.25) is 4.79 Å². The zero-order chi connectivity index (χ0) is 16.4. The molecule has 1 aliphatic heterocycles. The average molecular weight is 323 g/mol. The van der Waals surface area contributed by atoms with Crippen LogP contribution in [0.4, 0.5) is 0 Å². The van der Waals surface area contributed by atoms with Crippen molar-refractivity contribution in [1.82, 2.24) is 5.32 Å². The summed E-state index contributed by atoms with van der Waals surface area (Å²) >= 11 is 0. The van der Waals surface area contributed by atoms with Gasteiger partial charge in [-0.05, 0) is 61.1 Å². The lowest BCUT2D eigenvalue weighted by Gasteiger charge is -2.26. The first-order valence-corrected chi connectivity index (χ1v) is 8.58. The van der Waals surface area contributed by atoms with Crippen molar-refractivity contribution in [2.45, 2.75) is 31.8 Å². The van der Waals surface area contributed by atoms with E-state index in [9.17, 15) is 4.79 Å². The molecule has 0 saturated carbocycles. The van der Waals surface area contributed by atoms with Crippen LogP contribution in [-0.4, -0.2) is 25.2 Å². The molecule has 2 aromatic rings. The number of hydrogen-bond acceptors (Lipinski definition) is 3. The number of nitrogens with one attached hydrogen (secondary N) is 1. The van der Waals surface area contributed by atoms with Crippen LogP contribution < -0.4 is 14.8 Å². The van der Waals surface area contributed by atoms with E-state index >= 15 is 0 Å². The summed E-state index contributed by atoms with van der Waals surface area (Å²) in [4.78, 5) is 12.4. The van der Waals surface area contributed by atoms with Gasteiger partial charge in [0.15, 0.2) is 11.5 Å². The number of fused-ring (bicyclic) bond motifs is 2. The molecule has 4 rings (SSSR count). The number of ether oxygens (including phenoxy) is 2. The Hall–Kier alpha value is -2.49. The molecule has 24 heavy (non-hydrogen) atoms. The summed E-state index contributed by atoms with van der Waals surface area (Å²) in [6.07, 6.45) is 4.50. The minimum Gasteiger partial charge on any atom is -0.486 e.